The maximum Gasteiger partial charge on any atom is 0.345 e. The van der Waals surface area contributed by atoms with Crippen molar-refractivity contribution in [2.75, 3.05) is 7.11 Å². The summed E-state index contributed by atoms with van der Waals surface area (Å²) in [5.74, 6) is -1.30. The van der Waals surface area contributed by atoms with E-state index in [1.165, 1.54) is 13.2 Å². The molecule has 0 spiro atoms. The molecule has 0 aliphatic rings. The molecule has 0 aliphatic heterocycles. The summed E-state index contributed by atoms with van der Waals surface area (Å²) in [6.07, 6.45) is -0.890. The van der Waals surface area contributed by atoms with Crippen molar-refractivity contribution >= 4 is 11.9 Å². The van der Waals surface area contributed by atoms with Gasteiger partial charge in [-0.05, 0) is 24.6 Å². The van der Waals surface area contributed by atoms with Gasteiger partial charge in [0.1, 0.15) is 5.75 Å². The first-order valence-corrected chi connectivity index (χ1v) is 5.16. The lowest BCUT2D eigenvalue weighted by Gasteiger charge is -2.11. The highest BCUT2D eigenvalue weighted by Gasteiger charge is 2.20. The molecule has 92 valence electrons. The molecule has 5 nitrogen and oxygen atoms in total. The molecular formula is C12H14O5. The van der Waals surface area contributed by atoms with Crippen LogP contribution in [0.5, 0.6) is 5.75 Å². The minimum Gasteiger partial charge on any atom is -0.497 e. The van der Waals surface area contributed by atoms with Crippen molar-refractivity contribution in [3.63, 3.8) is 0 Å². The van der Waals surface area contributed by atoms with Gasteiger partial charge >= 0.3 is 11.9 Å². The molecule has 0 fully saturated rings. The van der Waals surface area contributed by atoms with E-state index in [9.17, 15) is 9.59 Å². The number of carbonyl (C=O) groups is 2. The van der Waals surface area contributed by atoms with Crippen LogP contribution in [0.3, 0.4) is 0 Å². The highest BCUT2D eigenvalue weighted by molar-refractivity contribution is 5.91. The van der Waals surface area contributed by atoms with E-state index in [1.807, 2.05) is 0 Å². The molecule has 5 heteroatoms. The third-order valence-electron chi connectivity index (χ3n) is 2.20. The van der Waals surface area contributed by atoms with Gasteiger partial charge in [-0.2, -0.15) is 0 Å². The molecule has 0 aromatic heterocycles. The number of esters is 1. The van der Waals surface area contributed by atoms with Crippen LogP contribution in [-0.4, -0.2) is 30.3 Å². The average Bonchev–Trinajstić information content (AvgIpc) is 2.35. The summed E-state index contributed by atoms with van der Waals surface area (Å²) >= 11 is 0. The van der Waals surface area contributed by atoms with E-state index in [0.717, 1.165) is 0 Å². The van der Waals surface area contributed by atoms with Crippen LogP contribution < -0.4 is 4.74 Å². The molecule has 1 aromatic carbocycles. The summed E-state index contributed by atoms with van der Waals surface area (Å²) in [5, 5.41) is 8.77. The molecule has 1 aromatic rings. The van der Waals surface area contributed by atoms with E-state index < -0.39 is 18.0 Å². The zero-order valence-electron chi connectivity index (χ0n) is 9.67. The zero-order chi connectivity index (χ0) is 12.8. The number of ether oxygens (including phenoxy) is 2. The summed E-state index contributed by atoms with van der Waals surface area (Å²) in [5.41, 5.74) is 0.268. The van der Waals surface area contributed by atoms with Gasteiger partial charge in [-0.15, -0.1) is 0 Å². The molecule has 1 unspecified atom stereocenters. The monoisotopic (exact) mass is 238 g/mol. The Balaban J connectivity index is 2.78. The third kappa shape index (κ3) is 3.48. The second kappa shape index (κ2) is 5.89. The Morgan fingerprint density at radius 3 is 2.65 bits per heavy atom. The Bertz CT molecular complexity index is 413. The molecule has 0 bridgehead atoms. The van der Waals surface area contributed by atoms with Crippen LogP contribution in [0.15, 0.2) is 24.3 Å². The van der Waals surface area contributed by atoms with Crippen LogP contribution >= 0.6 is 0 Å². The molecule has 1 rings (SSSR count). The first-order valence-electron chi connectivity index (χ1n) is 5.16. The van der Waals surface area contributed by atoms with Crippen LogP contribution in [0, 0.1) is 0 Å². The maximum absolute atomic E-state index is 11.6. The summed E-state index contributed by atoms with van der Waals surface area (Å²) in [4.78, 5) is 22.4. The Morgan fingerprint density at radius 1 is 1.41 bits per heavy atom. The van der Waals surface area contributed by atoms with E-state index in [-0.39, 0.29) is 12.0 Å². The number of hydrogen-bond donors (Lipinski definition) is 1. The van der Waals surface area contributed by atoms with Crippen molar-refractivity contribution < 1.29 is 24.2 Å². The normalized spacial score (nSPS) is 11.6. The van der Waals surface area contributed by atoms with Crippen molar-refractivity contribution in [1.82, 2.24) is 0 Å². The van der Waals surface area contributed by atoms with E-state index in [2.05, 4.69) is 0 Å². The fraction of sp³-hybridized carbons (Fsp3) is 0.333. The van der Waals surface area contributed by atoms with Gasteiger partial charge < -0.3 is 14.6 Å². The lowest BCUT2D eigenvalue weighted by Crippen LogP contribution is -2.26. The van der Waals surface area contributed by atoms with Crippen LogP contribution in [0.25, 0.3) is 0 Å². The van der Waals surface area contributed by atoms with Gasteiger partial charge in [0.15, 0.2) is 6.10 Å². The fourth-order valence-corrected chi connectivity index (χ4v) is 1.26. The van der Waals surface area contributed by atoms with Gasteiger partial charge in [0, 0.05) is 0 Å². The summed E-state index contributed by atoms with van der Waals surface area (Å²) < 4.78 is 9.81. The molecule has 0 saturated heterocycles. The molecular weight excluding hydrogens is 224 g/mol. The Hall–Kier alpha value is -2.04. The van der Waals surface area contributed by atoms with Gasteiger partial charge in [0.05, 0.1) is 12.7 Å². The van der Waals surface area contributed by atoms with Crippen molar-refractivity contribution in [3.8, 4) is 5.75 Å². The molecule has 0 amide bonds. The average molecular weight is 238 g/mol. The van der Waals surface area contributed by atoms with E-state index in [0.29, 0.717) is 5.75 Å². The van der Waals surface area contributed by atoms with Gasteiger partial charge in [0.25, 0.3) is 0 Å². The van der Waals surface area contributed by atoms with Crippen molar-refractivity contribution in [2.24, 2.45) is 0 Å². The minimum absolute atomic E-state index is 0.227. The third-order valence-corrected chi connectivity index (χ3v) is 2.20. The Kier molecular flexibility index (Phi) is 4.51. The van der Waals surface area contributed by atoms with Gasteiger partial charge in [-0.25, -0.2) is 9.59 Å². The highest BCUT2D eigenvalue weighted by Crippen LogP contribution is 2.14. The molecule has 0 radical (unpaired) electrons. The molecule has 0 saturated carbocycles. The molecule has 17 heavy (non-hydrogen) atoms. The topological polar surface area (TPSA) is 72.8 Å². The van der Waals surface area contributed by atoms with Crippen molar-refractivity contribution in [3.05, 3.63) is 29.8 Å². The first-order chi connectivity index (χ1) is 8.08. The number of carboxylic acid groups (broad SMARTS) is 1. The number of benzene rings is 1. The largest absolute Gasteiger partial charge is 0.497 e. The van der Waals surface area contributed by atoms with E-state index in [4.69, 9.17) is 14.6 Å². The van der Waals surface area contributed by atoms with Gasteiger partial charge in [0.2, 0.25) is 0 Å². The fourth-order valence-electron chi connectivity index (χ4n) is 1.26. The van der Waals surface area contributed by atoms with Crippen LogP contribution in [0.4, 0.5) is 0 Å². The molecule has 1 atom stereocenters. The predicted octanol–water partition coefficient (Wildman–Crippen LogP) is 1.72. The number of carboxylic acids is 1. The number of methoxy groups -OCH3 is 1. The molecule has 0 heterocycles. The lowest BCUT2D eigenvalue weighted by molar-refractivity contribution is -0.147. The maximum atomic E-state index is 11.6. The number of rotatable bonds is 5. The highest BCUT2D eigenvalue weighted by atomic mass is 16.6. The van der Waals surface area contributed by atoms with Crippen molar-refractivity contribution in [1.29, 1.82) is 0 Å². The van der Waals surface area contributed by atoms with Gasteiger partial charge in [-0.1, -0.05) is 13.0 Å². The van der Waals surface area contributed by atoms with E-state index in [1.54, 1.807) is 25.1 Å². The molecule has 0 aliphatic carbocycles. The summed E-state index contributed by atoms with van der Waals surface area (Å²) in [6.45, 7) is 1.64. The van der Waals surface area contributed by atoms with Crippen LogP contribution in [0.1, 0.15) is 23.7 Å². The lowest BCUT2D eigenvalue weighted by atomic mass is 10.2. The number of hydrogen-bond acceptors (Lipinski definition) is 4. The van der Waals surface area contributed by atoms with Crippen molar-refractivity contribution in [2.45, 2.75) is 19.4 Å². The summed E-state index contributed by atoms with van der Waals surface area (Å²) in [6, 6.07) is 6.36. The number of carbonyl (C=O) groups excluding carboxylic acids is 1. The van der Waals surface area contributed by atoms with Gasteiger partial charge in [-0.3, -0.25) is 0 Å². The van der Waals surface area contributed by atoms with Crippen LogP contribution in [0.2, 0.25) is 0 Å². The smallest absolute Gasteiger partial charge is 0.345 e. The summed E-state index contributed by atoms with van der Waals surface area (Å²) in [7, 11) is 1.48. The quantitative estimate of drug-likeness (QED) is 0.790. The predicted molar refractivity (Wildman–Crippen MR) is 60.1 cm³/mol. The van der Waals surface area contributed by atoms with E-state index >= 15 is 0 Å². The second-order valence-electron chi connectivity index (χ2n) is 3.37. The number of aliphatic carboxylic acids is 1. The minimum atomic E-state index is -1.15. The first kappa shape index (κ1) is 13.0. The van der Waals surface area contributed by atoms with Crippen LogP contribution in [-0.2, 0) is 9.53 Å². The molecule has 1 N–H and O–H groups in total. The second-order valence-corrected chi connectivity index (χ2v) is 3.37. The zero-order valence-corrected chi connectivity index (χ0v) is 9.67. The Morgan fingerprint density at radius 2 is 2.12 bits per heavy atom. The standard InChI is InChI=1S/C12H14O5/c1-3-10(11(13)14)17-12(15)8-5-4-6-9(7-8)16-2/h4-7,10H,3H2,1-2H3,(H,13,14). The SMILES string of the molecule is CCC(OC(=O)c1cccc(OC)c1)C(=O)O. The Labute approximate surface area is 99.0 Å².